The van der Waals surface area contributed by atoms with E-state index < -0.39 is 12.0 Å². The van der Waals surface area contributed by atoms with E-state index in [1.165, 1.54) is 6.08 Å². The lowest BCUT2D eigenvalue weighted by molar-refractivity contribution is -0.946. The molecule has 7 heteroatoms. The Bertz CT molecular complexity index is 1110. The van der Waals surface area contributed by atoms with Crippen molar-refractivity contribution in [2.45, 2.75) is 50.3 Å². The van der Waals surface area contributed by atoms with Crippen molar-refractivity contribution in [3.8, 4) is 28.4 Å². The monoisotopic (exact) mass is 451 g/mol. The number of carbonyl (C=O) groups is 1. The molecule has 2 aromatic rings. The van der Waals surface area contributed by atoms with Crippen LogP contribution in [0, 0.1) is 5.21 Å². The molecule has 2 fully saturated rings. The Morgan fingerprint density at radius 2 is 1.82 bits per heavy atom. The van der Waals surface area contributed by atoms with Crippen LogP contribution >= 0.6 is 0 Å². The van der Waals surface area contributed by atoms with E-state index in [1.807, 2.05) is 18.2 Å². The predicted octanol–water partition coefficient (Wildman–Crippen LogP) is 4.72. The molecule has 2 aromatic carbocycles. The summed E-state index contributed by atoms with van der Waals surface area (Å²) in [7, 11) is 3.14. The van der Waals surface area contributed by atoms with Crippen molar-refractivity contribution in [2.24, 2.45) is 0 Å². The number of hydroxylamine groups is 3. The number of benzene rings is 2. The van der Waals surface area contributed by atoms with Gasteiger partial charge in [0, 0.05) is 36.5 Å². The zero-order chi connectivity index (χ0) is 23.2. The van der Waals surface area contributed by atoms with Crippen LogP contribution in [0.5, 0.6) is 17.2 Å². The van der Waals surface area contributed by atoms with Crippen molar-refractivity contribution >= 4 is 12.0 Å². The molecule has 174 valence electrons. The van der Waals surface area contributed by atoms with Gasteiger partial charge in [0.25, 0.3) is 0 Å². The molecule has 0 spiro atoms. The summed E-state index contributed by atoms with van der Waals surface area (Å²) in [5.74, 6) is 0.733. The van der Waals surface area contributed by atoms with Gasteiger partial charge in [-0.25, -0.2) is 4.79 Å². The number of phenolic OH excluding ortho intramolecular Hbond substituents is 1. The van der Waals surface area contributed by atoms with Gasteiger partial charge in [-0.05, 0) is 54.3 Å². The molecule has 3 heterocycles. The fourth-order valence-electron chi connectivity index (χ4n) is 5.78. The van der Waals surface area contributed by atoms with Crippen LogP contribution in [0.4, 0.5) is 0 Å². The van der Waals surface area contributed by atoms with E-state index >= 15 is 0 Å². The fraction of sp³-hybridized carbons (Fsp3) is 0.423. The van der Waals surface area contributed by atoms with E-state index in [2.05, 4.69) is 0 Å². The van der Waals surface area contributed by atoms with Crippen molar-refractivity contribution in [1.82, 2.24) is 0 Å². The van der Waals surface area contributed by atoms with E-state index in [0.717, 1.165) is 36.0 Å². The number of phenols is 1. The van der Waals surface area contributed by atoms with Gasteiger partial charge in [-0.2, -0.15) is 0 Å². The summed E-state index contributed by atoms with van der Waals surface area (Å²) in [6.45, 7) is 0.524. The van der Waals surface area contributed by atoms with Gasteiger partial charge >= 0.3 is 5.97 Å². The van der Waals surface area contributed by atoms with Crippen LogP contribution in [0.1, 0.15) is 49.3 Å². The van der Waals surface area contributed by atoms with Crippen LogP contribution in [0.15, 0.2) is 36.4 Å². The summed E-state index contributed by atoms with van der Waals surface area (Å²) < 4.78 is 16.6. The maximum Gasteiger partial charge on any atom is 0.331 e. The Kier molecular flexibility index (Phi) is 5.54. The molecule has 0 saturated carbocycles. The third-order valence-corrected chi connectivity index (χ3v) is 7.38. The van der Waals surface area contributed by atoms with Crippen LogP contribution in [0.25, 0.3) is 17.2 Å². The Balaban J connectivity index is 1.79. The standard InChI is InChI=1S/C26H29NO6/c1-31-24-14-19-20(15-25(24)32-2)22-13-18(12-17-5-3-4-10-27(17,22)30)33-26(29)9-7-16-6-8-23(28)21(19)11-16/h6-9,11,14-15,17-18,22,28H,3-5,10,12-13H2,1-2H3/b9-7-/t17-,18-,22-,27?/m0/s1. The van der Waals surface area contributed by atoms with Gasteiger partial charge < -0.3 is 29.2 Å². The highest BCUT2D eigenvalue weighted by molar-refractivity contribution is 5.88. The van der Waals surface area contributed by atoms with Gasteiger partial charge in [0.2, 0.25) is 0 Å². The normalized spacial score (nSPS) is 29.4. The number of quaternary nitrogens is 1. The number of esters is 1. The first-order chi connectivity index (χ1) is 15.9. The Hall–Kier alpha value is -3.03. The maximum atomic E-state index is 14.4. The second-order valence-electron chi connectivity index (χ2n) is 9.18. The second kappa shape index (κ2) is 8.39. The van der Waals surface area contributed by atoms with Gasteiger partial charge in [-0.1, -0.05) is 6.07 Å². The molecule has 1 unspecified atom stereocenters. The highest BCUT2D eigenvalue weighted by Gasteiger charge is 2.48. The third kappa shape index (κ3) is 3.75. The molecule has 0 radical (unpaired) electrons. The van der Waals surface area contributed by atoms with E-state index in [9.17, 15) is 15.1 Å². The van der Waals surface area contributed by atoms with Crippen molar-refractivity contribution in [1.29, 1.82) is 0 Å². The maximum absolute atomic E-state index is 14.4. The molecule has 1 N–H and O–H groups in total. The van der Waals surface area contributed by atoms with Gasteiger partial charge in [0.1, 0.15) is 17.9 Å². The molecule has 0 aromatic heterocycles. The van der Waals surface area contributed by atoms with Gasteiger partial charge in [-0.3, -0.25) is 0 Å². The minimum Gasteiger partial charge on any atom is -0.632 e. The number of aromatic hydroxyl groups is 1. The van der Waals surface area contributed by atoms with Crippen LogP contribution in [-0.2, 0) is 9.53 Å². The number of carbonyl (C=O) groups excluding carboxylic acids is 1. The summed E-state index contributed by atoms with van der Waals surface area (Å²) in [5, 5.41) is 25.2. The lowest BCUT2D eigenvalue weighted by Gasteiger charge is -2.60. The summed E-state index contributed by atoms with van der Waals surface area (Å²) >= 11 is 0. The summed E-state index contributed by atoms with van der Waals surface area (Å²) in [5.41, 5.74) is 2.85. The Morgan fingerprint density at radius 1 is 1.03 bits per heavy atom. The molecule has 7 nitrogen and oxygen atoms in total. The zero-order valence-electron chi connectivity index (χ0n) is 19.0. The molecule has 0 aliphatic carbocycles. The van der Waals surface area contributed by atoms with Crippen molar-refractivity contribution in [3.05, 3.63) is 52.7 Å². The molecule has 4 atom stereocenters. The molecule has 5 rings (SSSR count). The average molecular weight is 452 g/mol. The van der Waals surface area contributed by atoms with Gasteiger partial charge in [0.05, 0.1) is 26.8 Å². The first-order valence-corrected chi connectivity index (χ1v) is 11.5. The number of methoxy groups -OCH3 is 2. The van der Waals surface area contributed by atoms with Crippen molar-refractivity contribution in [3.63, 3.8) is 0 Å². The zero-order valence-corrected chi connectivity index (χ0v) is 19.0. The van der Waals surface area contributed by atoms with E-state index in [-0.39, 0.29) is 22.5 Å². The van der Waals surface area contributed by atoms with Crippen LogP contribution < -0.4 is 9.47 Å². The minimum absolute atomic E-state index is 0.0975. The van der Waals surface area contributed by atoms with E-state index in [4.69, 9.17) is 14.2 Å². The van der Waals surface area contributed by atoms with Crippen molar-refractivity contribution in [2.75, 3.05) is 20.8 Å². The molecule has 3 aliphatic rings. The fourth-order valence-corrected chi connectivity index (χ4v) is 5.78. The van der Waals surface area contributed by atoms with E-state index in [0.29, 0.717) is 36.4 Å². The van der Waals surface area contributed by atoms with Gasteiger partial charge in [0.15, 0.2) is 11.5 Å². The Labute approximate surface area is 193 Å². The van der Waals surface area contributed by atoms with Crippen LogP contribution in [0.3, 0.4) is 0 Å². The first kappa shape index (κ1) is 21.8. The molecular formula is C26H29NO6. The highest BCUT2D eigenvalue weighted by Crippen LogP contribution is 2.51. The number of hydrogen-bond donors (Lipinski definition) is 1. The molecular weight excluding hydrogens is 422 g/mol. The largest absolute Gasteiger partial charge is 0.632 e. The minimum atomic E-state index is -0.455. The van der Waals surface area contributed by atoms with E-state index in [1.54, 1.807) is 32.4 Å². The number of nitrogens with zero attached hydrogens (tertiary/aromatic N) is 1. The number of rotatable bonds is 2. The number of ether oxygens (including phenoxy) is 3. The summed E-state index contributed by atoms with van der Waals surface area (Å²) in [4.78, 5) is 12.6. The number of piperidine rings is 2. The third-order valence-electron chi connectivity index (χ3n) is 7.38. The lowest BCUT2D eigenvalue weighted by atomic mass is 9.81. The molecule has 33 heavy (non-hydrogen) atoms. The second-order valence-corrected chi connectivity index (χ2v) is 9.18. The average Bonchev–Trinajstić information content (AvgIpc) is 2.82. The smallest absolute Gasteiger partial charge is 0.331 e. The van der Waals surface area contributed by atoms with Crippen LogP contribution in [0.2, 0.25) is 0 Å². The molecule has 0 amide bonds. The molecule has 4 bridgehead atoms. The molecule has 3 aliphatic heterocycles. The van der Waals surface area contributed by atoms with Gasteiger partial charge in [-0.15, -0.1) is 0 Å². The Morgan fingerprint density at radius 3 is 2.61 bits per heavy atom. The SMILES string of the molecule is COc1cc2c(cc1OC)[C@@H]1C[C@H](C[C@@H]3CCCC[N+]31[O-])OC(=O)/C=C\c1ccc(O)c-2c1. The number of hydrogen-bond acceptors (Lipinski definition) is 6. The summed E-state index contributed by atoms with van der Waals surface area (Å²) in [6, 6.07) is 8.25. The van der Waals surface area contributed by atoms with Crippen molar-refractivity contribution < 1.29 is 28.8 Å². The highest BCUT2D eigenvalue weighted by atomic mass is 16.6. The first-order valence-electron chi connectivity index (χ1n) is 11.5. The molecule has 2 saturated heterocycles. The summed E-state index contributed by atoms with van der Waals surface area (Å²) in [6.07, 6.45) is 6.42. The predicted molar refractivity (Wildman–Crippen MR) is 124 cm³/mol. The van der Waals surface area contributed by atoms with Crippen LogP contribution in [-0.4, -0.2) is 48.6 Å². The topological polar surface area (TPSA) is 88.0 Å². The lowest BCUT2D eigenvalue weighted by Crippen LogP contribution is -2.60. The quantitative estimate of drug-likeness (QED) is 0.404. The number of fused-ring (bicyclic) bond motifs is 9.